The minimum atomic E-state index is -0.615. The fourth-order valence-corrected chi connectivity index (χ4v) is 4.68. The third kappa shape index (κ3) is 4.09. The lowest BCUT2D eigenvalue weighted by molar-refractivity contribution is -0.142. The van der Waals surface area contributed by atoms with Crippen molar-refractivity contribution in [1.82, 2.24) is 0 Å². The average molecular weight is 326 g/mol. The van der Waals surface area contributed by atoms with Crippen LogP contribution in [0.1, 0.15) is 80.8 Å². The van der Waals surface area contributed by atoms with Crippen LogP contribution in [0.4, 0.5) is 0 Å². The predicted molar refractivity (Wildman–Crippen MR) is 98.3 cm³/mol. The minimum absolute atomic E-state index is 0.119. The molecule has 0 radical (unpaired) electrons. The minimum Gasteiger partial charge on any atom is -0.481 e. The number of hydrogen-bond acceptors (Lipinski definition) is 1. The molecule has 2 aliphatic carbocycles. The molecule has 0 unspecified atom stereocenters. The van der Waals surface area contributed by atoms with Gasteiger partial charge in [-0.3, -0.25) is 4.79 Å². The van der Waals surface area contributed by atoms with Gasteiger partial charge >= 0.3 is 5.97 Å². The van der Waals surface area contributed by atoms with Crippen molar-refractivity contribution in [2.75, 3.05) is 0 Å². The highest BCUT2D eigenvalue weighted by molar-refractivity contribution is 5.70. The second-order valence-corrected chi connectivity index (χ2v) is 7.80. The highest BCUT2D eigenvalue weighted by atomic mass is 16.4. The molecule has 2 aliphatic rings. The lowest BCUT2D eigenvalue weighted by Crippen LogP contribution is -2.20. The molecule has 0 aliphatic heterocycles. The van der Waals surface area contributed by atoms with E-state index in [0.717, 1.165) is 37.5 Å². The van der Waals surface area contributed by atoms with E-state index in [1.807, 2.05) is 0 Å². The molecular formula is C22H30O2. The van der Waals surface area contributed by atoms with E-state index in [1.54, 1.807) is 0 Å². The molecule has 3 rings (SSSR count). The van der Waals surface area contributed by atoms with Gasteiger partial charge in [-0.2, -0.15) is 0 Å². The van der Waals surface area contributed by atoms with Crippen LogP contribution in [0.5, 0.6) is 0 Å². The summed E-state index contributed by atoms with van der Waals surface area (Å²) in [5, 5.41) is 9.12. The number of rotatable bonds is 5. The summed E-state index contributed by atoms with van der Waals surface area (Å²) in [7, 11) is 0. The van der Waals surface area contributed by atoms with E-state index in [-0.39, 0.29) is 5.92 Å². The van der Waals surface area contributed by atoms with Gasteiger partial charge in [0.05, 0.1) is 5.92 Å². The number of carbonyl (C=O) groups is 1. The summed E-state index contributed by atoms with van der Waals surface area (Å²) in [5.41, 5.74) is 2.90. The maximum Gasteiger partial charge on any atom is 0.306 e. The normalized spacial score (nSPS) is 30.7. The van der Waals surface area contributed by atoms with Crippen LogP contribution in [-0.2, 0) is 4.79 Å². The van der Waals surface area contributed by atoms with Crippen LogP contribution >= 0.6 is 0 Å². The number of aliphatic carboxylic acids is 1. The van der Waals surface area contributed by atoms with Gasteiger partial charge in [-0.1, -0.05) is 30.3 Å². The molecule has 0 aromatic heterocycles. The Hall–Kier alpha value is -1.57. The summed E-state index contributed by atoms with van der Waals surface area (Å²) in [6.07, 6.45) is 12.2. The van der Waals surface area contributed by atoms with Crippen LogP contribution in [0.3, 0.4) is 0 Å². The molecule has 0 amide bonds. The monoisotopic (exact) mass is 326 g/mol. The molecule has 1 aromatic carbocycles. The van der Waals surface area contributed by atoms with Gasteiger partial charge in [0.2, 0.25) is 0 Å². The van der Waals surface area contributed by atoms with Gasteiger partial charge in [0, 0.05) is 0 Å². The average Bonchev–Trinajstić information content (AvgIpc) is 2.63. The second-order valence-electron chi connectivity index (χ2n) is 7.80. The molecule has 0 spiro atoms. The van der Waals surface area contributed by atoms with Gasteiger partial charge in [0.15, 0.2) is 0 Å². The van der Waals surface area contributed by atoms with Gasteiger partial charge in [-0.05, 0) is 86.7 Å². The zero-order valence-corrected chi connectivity index (χ0v) is 14.6. The van der Waals surface area contributed by atoms with E-state index in [2.05, 4.69) is 36.9 Å². The molecule has 130 valence electrons. The maximum absolute atomic E-state index is 11.1. The summed E-state index contributed by atoms with van der Waals surface area (Å²) in [4.78, 5) is 11.1. The van der Waals surface area contributed by atoms with E-state index >= 15 is 0 Å². The van der Waals surface area contributed by atoms with Crippen LogP contribution in [0, 0.1) is 11.8 Å². The van der Waals surface area contributed by atoms with Crippen molar-refractivity contribution >= 4 is 5.97 Å². The summed E-state index contributed by atoms with van der Waals surface area (Å²) in [6, 6.07) is 9.27. The van der Waals surface area contributed by atoms with Gasteiger partial charge in [0.1, 0.15) is 0 Å². The Kier molecular flexibility index (Phi) is 5.76. The Bertz CT molecular complexity index is 544. The van der Waals surface area contributed by atoms with Crippen LogP contribution in [-0.4, -0.2) is 11.1 Å². The Morgan fingerprint density at radius 1 is 0.917 bits per heavy atom. The first-order valence-corrected chi connectivity index (χ1v) is 9.61. The van der Waals surface area contributed by atoms with E-state index in [0.29, 0.717) is 5.92 Å². The van der Waals surface area contributed by atoms with Crippen molar-refractivity contribution in [3.8, 4) is 0 Å². The van der Waals surface area contributed by atoms with Crippen molar-refractivity contribution in [1.29, 1.82) is 0 Å². The van der Waals surface area contributed by atoms with E-state index in [9.17, 15) is 4.79 Å². The van der Waals surface area contributed by atoms with Crippen LogP contribution in [0.25, 0.3) is 0 Å². The van der Waals surface area contributed by atoms with E-state index in [4.69, 9.17) is 5.11 Å². The number of carboxylic acid groups (broad SMARTS) is 1. The molecule has 2 fully saturated rings. The molecule has 2 nitrogen and oxygen atoms in total. The first kappa shape index (κ1) is 17.3. The van der Waals surface area contributed by atoms with Crippen molar-refractivity contribution in [2.24, 2.45) is 11.8 Å². The second kappa shape index (κ2) is 8.00. The third-order valence-corrected chi connectivity index (χ3v) is 6.30. The SMILES string of the molecule is C=CC[C@H]1CC[C@H](c2ccc(C3CCC(C(=O)O)CC3)cc2)CC1. The summed E-state index contributed by atoms with van der Waals surface area (Å²) < 4.78 is 0. The smallest absolute Gasteiger partial charge is 0.306 e. The summed E-state index contributed by atoms with van der Waals surface area (Å²) in [5.74, 6) is 1.39. The highest BCUT2D eigenvalue weighted by Gasteiger charge is 2.27. The molecule has 0 atom stereocenters. The lowest BCUT2D eigenvalue weighted by atomic mass is 9.76. The molecule has 0 heterocycles. The molecule has 1 aromatic rings. The van der Waals surface area contributed by atoms with E-state index < -0.39 is 5.97 Å². The van der Waals surface area contributed by atoms with Crippen molar-refractivity contribution in [3.05, 3.63) is 48.0 Å². The van der Waals surface area contributed by atoms with Crippen LogP contribution in [0.2, 0.25) is 0 Å². The largest absolute Gasteiger partial charge is 0.481 e. The first-order chi connectivity index (χ1) is 11.7. The number of carboxylic acids is 1. The Morgan fingerprint density at radius 2 is 1.38 bits per heavy atom. The fourth-order valence-electron chi connectivity index (χ4n) is 4.68. The first-order valence-electron chi connectivity index (χ1n) is 9.61. The number of allylic oxidation sites excluding steroid dienone is 1. The molecule has 0 bridgehead atoms. The van der Waals surface area contributed by atoms with E-state index in [1.165, 1.54) is 43.2 Å². The van der Waals surface area contributed by atoms with Gasteiger partial charge < -0.3 is 5.11 Å². The Morgan fingerprint density at radius 3 is 1.79 bits per heavy atom. The molecular weight excluding hydrogens is 296 g/mol. The van der Waals surface area contributed by atoms with Crippen molar-refractivity contribution < 1.29 is 9.90 Å². The Balaban J connectivity index is 1.54. The maximum atomic E-state index is 11.1. The van der Waals surface area contributed by atoms with Crippen LogP contribution < -0.4 is 0 Å². The van der Waals surface area contributed by atoms with Gasteiger partial charge in [-0.15, -0.1) is 6.58 Å². The Labute approximate surface area is 146 Å². The number of hydrogen-bond donors (Lipinski definition) is 1. The zero-order valence-electron chi connectivity index (χ0n) is 14.6. The predicted octanol–water partition coefficient (Wildman–Crippen LogP) is 5.89. The van der Waals surface area contributed by atoms with Crippen molar-refractivity contribution in [3.63, 3.8) is 0 Å². The van der Waals surface area contributed by atoms with Gasteiger partial charge in [0.25, 0.3) is 0 Å². The fraction of sp³-hybridized carbons (Fsp3) is 0.591. The molecule has 2 saturated carbocycles. The van der Waals surface area contributed by atoms with Crippen LogP contribution in [0.15, 0.2) is 36.9 Å². The third-order valence-electron chi connectivity index (χ3n) is 6.30. The van der Waals surface area contributed by atoms with Gasteiger partial charge in [-0.25, -0.2) is 0 Å². The lowest BCUT2D eigenvalue weighted by Gasteiger charge is -2.29. The highest BCUT2D eigenvalue weighted by Crippen LogP contribution is 2.39. The molecule has 0 saturated heterocycles. The molecule has 1 N–H and O–H groups in total. The summed E-state index contributed by atoms with van der Waals surface area (Å²) in [6.45, 7) is 3.87. The van der Waals surface area contributed by atoms with Crippen molar-refractivity contribution in [2.45, 2.75) is 69.6 Å². The topological polar surface area (TPSA) is 37.3 Å². The zero-order chi connectivity index (χ0) is 16.9. The standard InChI is InChI=1S/C22H30O2/c1-2-3-16-4-6-17(7-5-16)18-8-10-19(11-9-18)20-12-14-21(15-13-20)22(23)24/h2,8-11,16-17,20-21H,1,3-7,12-15H2,(H,23,24)/t16-,17-,20?,21?. The summed E-state index contributed by atoms with van der Waals surface area (Å²) >= 11 is 0. The molecule has 24 heavy (non-hydrogen) atoms. The number of benzene rings is 1. The molecule has 2 heteroatoms. The quantitative estimate of drug-likeness (QED) is 0.684.